The zero-order chi connectivity index (χ0) is 12.3. The van der Waals surface area contributed by atoms with Gasteiger partial charge in [0.1, 0.15) is 5.82 Å². The standard InChI is InChI=1S/C11H16N4O2/c12-8-3-9(10(13)16)11(15-5-8)14-4-7-1-2-17-6-7/h3,5,7H,1-2,4,6,12H2,(H2,13,16)(H,14,15). The Kier molecular flexibility index (Phi) is 3.43. The second-order valence-corrected chi connectivity index (χ2v) is 4.14. The van der Waals surface area contributed by atoms with Gasteiger partial charge in [0.15, 0.2) is 0 Å². The van der Waals surface area contributed by atoms with Crippen LogP contribution in [0.4, 0.5) is 11.5 Å². The number of pyridine rings is 1. The van der Waals surface area contributed by atoms with Crippen molar-refractivity contribution in [3.8, 4) is 0 Å². The molecule has 1 atom stereocenters. The molecule has 1 unspecified atom stereocenters. The molecule has 1 aliphatic rings. The Morgan fingerprint density at radius 2 is 2.47 bits per heavy atom. The van der Waals surface area contributed by atoms with Crippen molar-refractivity contribution in [1.29, 1.82) is 0 Å². The van der Waals surface area contributed by atoms with E-state index in [0.29, 0.717) is 23.0 Å². The average molecular weight is 236 g/mol. The molecule has 6 nitrogen and oxygen atoms in total. The summed E-state index contributed by atoms with van der Waals surface area (Å²) in [5.41, 5.74) is 11.6. The van der Waals surface area contributed by atoms with E-state index in [4.69, 9.17) is 16.2 Å². The zero-order valence-corrected chi connectivity index (χ0v) is 9.48. The van der Waals surface area contributed by atoms with E-state index in [0.717, 1.165) is 26.2 Å². The van der Waals surface area contributed by atoms with E-state index in [1.54, 1.807) is 0 Å². The lowest BCUT2D eigenvalue weighted by molar-refractivity contribution is 0.100. The van der Waals surface area contributed by atoms with Crippen LogP contribution in [0.1, 0.15) is 16.8 Å². The third-order valence-electron chi connectivity index (χ3n) is 2.76. The van der Waals surface area contributed by atoms with Crippen LogP contribution in [0, 0.1) is 5.92 Å². The molecule has 92 valence electrons. The summed E-state index contributed by atoms with van der Waals surface area (Å²) in [6.07, 6.45) is 2.52. The molecule has 6 heteroatoms. The van der Waals surface area contributed by atoms with E-state index in [1.165, 1.54) is 12.3 Å². The Bertz CT molecular complexity index is 416. The van der Waals surface area contributed by atoms with Crippen molar-refractivity contribution in [3.05, 3.63) is 17.8 Å². The molecule has 0 aromatic carbocycles. The fraction of sp³-hybridized carbons (Fsp3) is 0.455. The monoisotopic (exact) mass is 236 g/mol. The molecular formula is C11H16N4O2. The molecule has 0 spiro atoms. The third kappa shape index (κ3) is 2.85. The molecule has 1 aromatic rings. The molecule has 17 heavy (non-hydrogen) atoms. The third-order valence-corrected chi connectivity index (χ3v) is 2.76. The highest BCUT2D eigenvalue weighted by molar-refractivity contribution is 5.98. The first kappa shape index (κ1) is 11.7. The molecule has 2 heterocycles. The maximum Gasteiger partial charge on any atom is 0.252 e. The number of hydrogen-bond acceptors (Lipinski definition) is 5. The minimum absolute atomic E-state index is 0.323. The lowest BCUT2D eigenvalue weighted by Gasteiger charge is -2.12. The van der Waals surface area contributed by atoms with Crippen molar-refractivity contribution in [1.82, 2.24) is 4.98 Å². The van der Waals surface area contributed by atoms with Crippen molar-refractivity contribution in [2.45, 2.75) is 6.42 Å². The normalized spacial score (nSPS) is 19.2. The second-order valence-electron chi connectivity index (χ2n) is 4.14. The minimum atomic E-state index is -0.532. The second kappa shape index (κ2) is 5.01. The van der Waals surface area contributed by atoms with E-state index in [2.05, 4.69) is 10.3 Å². The highest BCUT2D eigenvalue weighted by atomic mass is 16.5. The van der Waals surface area contributed by atoms with Gasteiger partial charge in [0.05, 0.1) is 24.1 Å². The smallest absolute Gasteiger partial charge is 0.252 e. The number of nitrogens with zero attached hydrogens (tertiary/aromatic N) is 1. The summed E-state index contributed by atoms with van der Waals surface area (Å²) in [4.78, 5) is 15.3. The summed E-state index contributed by atoms with van der Waals surface area (Å²) < 4.78 is 5.27. The van der Waals surface area contributed by atoms with Crippen LogP contribution in [-0.4, -0.2) is 30.6 Å². The average Bonchev–Trinajstić information content (AvgIpc) is 2.80. The highest BCUT2D eigenvalue weighted by Crippen LogP contribution is 2.17. The summed E-state index contributed by atoms with van der Waals surface area (Å²) in [6, 6.07) is 1.53. The van der Waals surface area contributed by atoms with Crippen molar-refractivity contribution < 1.29 is 9.53 Å². The first-order chi connectivity index (χ1) is 8.16. The SMILES string of the molecule is NC(=O)c1cc(N)cnc1NCC1CCOC1. The summed E-state index contributed by atoms with van der Waals surface area (Å²) >= 11 is 0. The van der Waals surface area contributed by atoms with E-state index in [1.807, 2.05) is 0 Å². The van der Waals surface area contributed by atoms with E-state index in [-0.39, 0.29) is 0 Å². The van der Waals surface area contributed by atoms with E-state index in [9.17, 15) is 4.79 Å². The van der Waals surface area contributed by atoms with Crippen LogP contribution in [0.5, 0.6) is 0 Å². The number of nitrogens with one attached hydrogen (secondary N) is 1. The molecule has 5 N–H and O–H groups in total. The van der Waals surface area contributed by atoms with Crippen LogP contribution in [0.25, 0.3) is 0 Å². The van der Waals surface area contributed by atoms with Crippen molar-refractivity contribution in [3.63, 3.8) is 0 Å². The lowest BCUT2D eigenvalue weighted by atomic mass is 10.1. The van der Waals surface area contributed by atoms with Gasteiger partial charge < -0.3 is 21.5 Å². The number of anilines is 2. The van der Waals surface area contributed by atoms with Gasteiger partial charge in [-0.15, -0.1) is 0 Å². The van der Waals surface area contributed by atoms with Crippen molar-refractivity contribution >= 4 is 17.4 Å². The first-order valence-electron chi connectivity index (χ1n) is 5.53. The molecule has 0 aliphatic carbocycles. The van der Waals surface area contributed by atoms with Gasteiger partial charge in [0, 0.05) is 19.1 Å². The predicted molar refractivity (Wildman–Crippen MR) is 64.6 cm³/mol. The number of hydrogen-bond donors (Lipinski definition) is 3. The Hall–Kier alpha value is -1.82. The molecule has 1 saturated heterocycles. The number of rotatable bonds is 4. The molecule has 2 rings (SSSR count). The highest BCUT2D eigenvalue weighted by Gasteiger charge is 2.17. The lowest BCUT2D eigenvalue weighted by Crippen LogP contribution is -2.20. The summed E-state index contributed by atoms with van der Waals surface area (Å²) in [5, 5.41) is 3.12. The topological polar surface area (TPSA) is 103 Å². The number of ether oxygens (including phenoxy) is 1. The van der Waals surface area contributed by atoms with Gasteiger partial charge in [-0.3, -0.25) is 4.79 Å². The molecule has 1 amide bonds. The van der Waals surface area contributed by atoms with E-state index >= 15 is 0 Å². The zero-order valence-electron chi connectivity index (χ0n) is 9.48. The molecule has 1 fully saturated rings. The number of nitrogens with two attached hydrogens (primary N) is 2. The number of nitrogen functional groups attached to an aromatic ring is 1. The first-order valence-corrected chi connectivity index (χ1v) is 5.53. The summed E-state index contributed by atoms with van der Waals surface area (Å²) in [6.45, 7) is 2.26. The maximum absolute atomic E-state index is 11.2. The quantitative estimate of drug-likeness (QED) is 0.693. The van der Waals surface area contributed by atoms with Crippen molar-refractivity contribution in [2.24, 2.45) is 11.7 Å². The molecule has 1 aliphatic heterocycles. The van der Waals surface area contributed by atoms with Gasteiger partial charge >= 0.3 is 0 Å². The van der Waals surface area contributed by atoms with E-state index < -0.39 is 5.91 Å². The van der Waals surface area contributed by atoms with Gasteiger partial charge in [-0.1, -0.05) is 0 Å². The Labute approximate surface area is 99.3 Å². The molecule has 1 aromatic heterocycles. The number of primary amides is 1. The number of amides is 1. The van der Waals surface area contributed by atoms with Gasteiger partial charge in [0.2, 0.25) is 0 Å². The van der Waals surface area contributed by atoms with Gasteiger partial charge in [-0.05, 0) is 12.5 Å². The van der Waals surface area contributed by atoms with Gasteiger partial charge in [0.25, 0.3) is 5.91 Å². The fourth-order valence-corrected chi connectivity index (χ4v) is 1.79. The van der Waals surface area contributed by atoms with Crippen LogP contribution in [0.15, 0.2) is 12.3 Å². The predicted octanol–water partition coefficient (Wildman–Crippen LogP) is 0.211. The van der Waals surface area contributed by atoms with Gasteiger partial charge in [-0.25, -0.2) is 4.98 Å². The Balaban J connectivity index is 2.06. The van der Waals surface area contributed by atoms with Crippen molar-refractivity contribution in [2.75, 3.05) is 30.8 Å². The largest absolute Gasteiger partial charge is 0.397 e. The van der Waals surface area contributed by atoms with Crippen LogP contribution in [0.2, 0.25) is 0 Å². The number of carbonyl (C=O) groups excluding carboxylic acids is 1. The summed E-state index contributed by atoms with van der Waals surface area (Å²) in [7, 11) is 0. The van der Waals surface area contributed by atoms with Crippen LogP contribution < -0.4 is 16.8 Å². The number of carbonyl (C=O) groups is 1. The molecule has 0 bridgehead atoms. The minimum Gasteiger partial charge on any atom is -0.397 e. The van der Waals surface area contributed by atoms with Crippen LogP contribution in [0.3, 0.4) is 0 Å². The Morgan fingerprint density at radius 3 is 3.12 bits per heavy atom. The molecular weight excluding hydrogens is 220 g/mol. The maximum atomic E-state index is 11.2. The fourth-order valence-electron chi connectivity index (χ4n) is 1.79. The number of aromatic nitrogens is 1. The molecule has 0 saturated carbocycles. The van der Waals surface area contributed by atoms with Crippen LogP contribution >= 0.6 is 0 Å². The van der Waals surface area contributed by atoms with Gasteiger partial charge in [-0.2, -0.15) is 0 Å². The van der Waals surface area contributed by atoms with Crippen LogP contribution in [-0.2, 0) is 4.74 Å². The summed E-state index contributed by atoms with van der Waals surface area (Å²) in [5.74, 6) is 0.406. The molecule has 0 radical (unpaired) electrons. The Morgan fingerprint density at radius 1 is 1.65 bits per heavy atom.